The Hall–Kier alpha value is -1.12. The van der Waals surface area contributed by atoms with E-state index in [1.165, 1.54) is 0 Å². The van der Waals surface area contributed by atoms with E-state index in [2.05, 4.69) is 17.9 Å². The Morgan fingerprint density at radius 3 is 2.60 bits per heavy atom. The summed E-state index contributed by atoms with van der Waals surface area (Å²) < 4.78 is 18.6. The molecule has 0 bridgehead atoms. The average Bonchev–Trinajstić information content (AvgIpc) is 2.24. The largest absolute Gasteiger partial charge is 0.463 e. The monoisotopic (exact) mass is 214 g/mol. The molecule has 0 aromatic carbocycles. The molecule has 0 aromatic rings. The third-order valence-electron chi connectivity index (χ3n) is 2.14. The van der Waals surface area contributed by atoms with Crippen LogP contribution in [0.25, 0.3) is 0 Å². The predicted octanol–water partition coefficient (Wildman–Crippen LogP) is 3.19. The minimum atomic E-state index is -2.03. The van der Waals surface area contributed by atoms with Gasteiger partial charge in [0.05, 0.1) is 6.61 Å². The van der Waals surface area contributed by atoms with Crippen LogP contribution >= 0.6 is 0 Å². The molecule has 0 amide bonds. The van der Waals surface area contributed by atoms with E-state index in [0.717, 1.165) is 18.9 Å². The van der Waals surface area contributed by atoms with Crippen LogP contribution in [0.15, 0.2) is 25.3 Å². The Morgan fingerprint density at radius 1 is 1.47 bits per heavy atom. The fourth-order valence-corrected chi connectivity index (χ4v) is 1.21. The average molecular weight is 214 g/mol. The Kier molecular flexibility index (Phi) is 6.67. The molecule has 86 valence electrons. The molecule has 2 nitrogen and oxygen atoms in total. The van der Waals surface area contributed by atoms with Crippen molar-refractivity contribution in [3.05, 3.63) is 25.3 Å². The number of unbranched alkanes of at least 4 members (excludes halogenated alkanes) is 2. The Labute approximate surface area is 90.8 Å². The number of rotatable bonds is 8. The number of alkyl halides is 1. The summed E-state index contributed by atoms with van der Waals surface area (Å²) in [7, 11) is 0. The molecule has 0 N–H and O–H groups in total. The van der Waals surface area contributed by atoms with Crippen LogP contribution in [0.1, 0.15) is 32.6 Å². The molecule has 0 aliphatic carbocycles. The molecule has 0 saturated heterocycles. The Bertz CT molecular complexity index is 226. The lowest BCUT2D eigenvalue weighted by molar-refractivity contribution is -0.154. The van der Waals surface area contributed by atoms with Crippen molar-refractivity contribution in [3.8, 4) is 0 Å². The molecule has 0 spiro atoms. The lowest BCUT2D eigenvalue weighted by Crippen LogP contribution is -2.33. The SMILES string of the molecule is C=CCCCCC(F)(C=C)C(=O)OCC. The predicted molar refractivity (Wildman–Crippen MR) is 59.3 cm³/mol. The maximum atomic E-state index is 13.9. The van der Waals surface area contributed by atoms with Gasteiger partial charge in [-0.3, -0.25) is 0 Å². The van der Waals surface area contributed by atoms with Crippen LogP contribution in [-0.4, -0.2) is 18.2 Å². The van der Waals surface area contributed by atoms with Gasteiger partial charge in [0.1, 0.15) is 0 Å². The topological polar surface area (TPSA) is 26.3 Å². The van der Waals surface area contributed by atoms with Gasteiger partial charge in [0.25, 0.3) is 0 Å². The van der Waals surface area contributed by atoms with E-state index in [1.807, 2.05) is 0 Å². The minimum absolute atomic E-state index is 0.128. The van der Waals surface area contributed by atoms with Gasteiger partial charge < -0.3 is 4.74 Å². The molecule has 0 aliphatic rings. The summed E-state index contributed by atoms with van der Waals surface area (Å²) in [5, 5.41) is 0. The molecule has 0 heterocycles. The molecular formula is C12H19FO2. The molecule has 15 heavy (non-hydrogen) atoms. The number of halogens is 1. The molecule has 0 aliphatic heterocycles. The van der Waals surface area contributed by atoms with Crippen LogP contribution in [0.2, 0.25) is 0 Å². The van der Waals surface area contributed by atoms with Gasteiger partial charge in [-0.25, -0.2) is 9.18 Å². The fourth-order valence-electron chi connectivity index (χ4n) is 1.21. The van der Waals surface area contributed by atoms with Crippen LogP contribution in [0.3, 0.4) is 0 Å². The number of ether oxygens (including phenoxy) is 1. The van der Waals surface area contributed by atoms with Gasteiger partial charge >= 0.3 is 5.97 Å². The first-order valence-corrected chi connectivity index (χ1v) is 5.21. The van der Waals surface area contributed by atoms with Gasteiger partial charge in [0, 0.05) is 0 Å². The summed E-state index contributed by atoms with van der Waals surface area (Å²) in [6.45, 7) is 8.75. The summed E-state index contributed by atoms with van der Waals surface area (Å²) in [5.74, 6) is -0.835. The third-order valence-corrected chi connectivity index (χ3v) is 2.14. The van der Waals surface area contributed by atoms with Gasteiger partial charge in [-0.1, -0.05) is 12.7 Å². The second kappa shape index (κ2) is 7.21. The zero-order chi connectivity index (χ0) is 11.7. The number of allylic oxidation sites excluding steroid dienone is 1. The minimum Gasteiger partial charge on any atom is -0.463 e. The van der Waals surface area contributed by atoms with Gasteiger partial charge in [-0.2, -0.15) is 0 Å². The highest BCUT2D eigenvalue weighted by Gasteiger charge is 2.36. The summed E-state index contributed by atoms with van der Waals surface area (Å²) >= 11 is 0. The fraction of sp³-hybridized carbons (Fsp3) is 0.583. The quantitative estimate of drug-likeness (QED) is 0.352. The van der Waals surface area contributed by atoms with Crippen molar-refractivity contribution in [1.29, 1.82) is 0 Å². The molecule has 0 fully saturated rings. The van der Waals surface area contributed by atoms with E-state index in [0.29, 0.717) is 6.42 Å². The van der Waals surface area contributed by atoms with Gasteiger partial charge in [-0.05, 0) is 38.7 Å². The summed E-state index contributed by atoms with van der Waals surface area (Å²) in [4.78, 5) is 11.3. The Balaban J connectivity index is 4.11. The molecule has 0 radical (unpaired) electrons. The van der Waals surface area contributed by atoms with E-state index in [4.69, 9.17) is 0 Å². The number of hydrogen-bond donors (Lipinski definition) is 0. The lowest BCUT2D eigenvalue weighted by atomic mass is 9.98. The zero-order valence-electron chi connectivity index (χ0n) is 9.30. The molecule has 0 aromatic heterocycles. The van der Waals surface area contributed by atoms with E-state index in [-0.39, 0.29) is 13.0 Å². The van der Waals surface area contributed by atoms with E-state index >= 15 is 0 Å². The second-order valence-electron chi connectivity index (χ2n) is 3.32. The first-order chi connectivity index (χ1) is 7.10. The molecular weight excluding hydrogens is 195 g/mol. The highest BCUT2D eigenvalue weighted by Crippen LogP contribution is 2.23. The van der Waals surface area contributed by atoms with Crippen molar-refractivity contribution in [2.75, 3.05) is 6.61 Å². The van der Waals surface area contributed by atoms with Gasteiger partial charge in [-0.15, -0.1) is 6.58 Å². The first kappa shape index (κ1) is 13.9. The molecule has 0 rings (SSSR count). The summed E-state index contributed by atoms with van der Waals surface area (Å²) in [6.07, 6.45) is 5.20. The third kappa shape index (κ3) is 4.77. The number of carbonyl (C=O) groups excluding carboxylic acids is 1. The molecule has 0 saturated carbocycles. The molecule has 1 atom stereocenters. The second-order valence-corrected chi connectivity index (χ2v) is 3.32. The highest BCUT2D eigenvalue weighted by molar-refractivity contribution is 5.81. The maximum absolute atomic E-state index is 13.9. The van der Waals surface area contributed by atoms with Crippen molar-refractivity contribution < 1.29 is 13.9 Å². The van der Waals surface area contributed by atoms with Gasteiger partial charge in [0.2, 0.25) is 5.67 Å². The normalized spacial score (nSPS) is 14.0. The van der Waals surface area contributed by atoms with Crippen molar-refractivity contribution in [3.63, 3.8) is 0 Å². The Morgan fingerprint density at radius 2 is 2.13 bits per heavy atom. The standard InChI is InChI=1S/C12H19FO2/c1-4-7-8-9-10-12(13,5-2)11(14)15-6-3/h4-5H,1-2,6-10H2,3H3. The highest BCUT2D eigenvalue weighted by atomic mass is 19.1. The van der Waals surface area contributed by atoms with Crippen LogP contribution in [0.5, 0.6) is 0 Å². The number of hydrogen-bond acceptors (Lipinski definition) is 2. The van der Waals surface area contributed by atoms with Crippen molar-refractivity contribution in [1.82, 2.24) is 0 Å². The zero-order valence-corrected chi connectivity index (χ0v) is 9.30. The lowest BCUT2D eigenvalue weighted by Gasteiger charge is -2.18. The maximum Gasteiger partial charge on any atom is 0.347 e. The van der Waals surface area contributed by atoms with Gasteiger partial charge in [0.15, 0.2) is 0 Å². The van der Waals surface area contributed by atoms with Crippen LogP contribution in [0, 0.1) is 0 Å². The smallest absolute Gasteiger partial charge is 0.347 e. The van der Waals surface area contributed by atoms with Crippen LogP contribution < -0.4 is 0 Å². The molecule has 1 unspecified atom stereocenters. The van der Waals surface area contributed by atoms with Crippen molar-refractivity contribution in [2.45, 2.75) is 38.3 Å². The molecule has 3 heteroatoms. The van der Waals surface area contributed by atoms with Crippen LogP contribution in [-0.2, 0) is 9.53 Å². The summed E-state index contributed by atoms with van der Waals surface area (Å²) in [6, 6.07) is 0. The van der Waals surface area contributed by atoms with E-state index in [9.17, 15) is 9.18 Å². The summed E-state index contributed by atoms with van der Waals surface area (Å²) in [5.41, 5.74) is -2.03. The van der Waals surface area contributed by atoms with Crippen molar-refractivity contribution in [2.24, 2.45) is 0 Å². The number of carbonyl (C=O) groups is 1. The van der Waals surface area contributed by atoms with Crippen molar-refractivity contribution >= 4 is 5.97 Å². The van der Waals surface area contributed by atoms with E-state index < -0.39 is 11.6 Å². The first-order valence-electron chi connectivity index (χ1n) is 5.21. The van der Waals surface area contributed by atoms with Crippen LogP contribution in [0.4, 0.5) is 4.39 Å². The number of esters is 1. The van der Waals surface area contributed by atoms with E-state index in [1.54, 1.807) is 13.0 Å².